The van der Waals surface area contributed by atoms with E-state index in [0.29, 0.717) is 11.3 Å². The van der Waals surface area contributed by atoms with Gasteiger partial charge in [-0.2, -0.15) is 0 Å². The predicted molar refractivity (Wildman–Crippen MR) is 71.9 cm³/mol. The molecule has 0 saturated heterocycles. The molecule has 0 atom stereocenters. The largest absolute Gasteiger partial charge is 0.497 e. The summed E-state index contributed by atoms with van der Waals surface area (Å²) in [7, 11) is 2.89. The van der Waals surface area contributed by atoms with Crippen molar-refractivity contribution in [1.29, 1.82) is 0 Å². The monoisotopic (exact) mass is 276 g/mol. The first-order valence-electron chi connectivity index (χ1n) is 5.82. The number of carboxylic acids is 1. The molecule has 0 aromatic heterocycles. The molecule has 104 valence electrons. The minimum absolute atomic E-state index is 0.0777. The van der Waals surface area contributed by atoms with Gasteiger partial charge in [-0.15, -0.1) is 0 Å². The van der Waals surface area contributed by atoms with Gasteiger partial charge in [-0.05, 0) is 36.4 Å². The highest BCUT2D eigenvalue weighted by Crippen LogP contribution is 2.34. The van der Waals surface area contributed by atoms with Gasteiger partial charge >= 0.3 is 5.97 Å². The first kappa shape index (κ1) is 13.9. The van der Waals surface area contributed by atoms with E-state index in [0.717, 1.165) is 0 Å². The second kappa shape index (κ2) is 5.61. The van der Waals surface area contributed by atoms with E-state index in [9.17, 15) is 9.18 Å². The van der Waals surface area contributed by atoms with Crippen molar-refractivity contribution < 1.29 is 23.8 Å². The van der Waals surface area contributed by atoms with Crippen LogP contribution in [0.3, 0.4) is 0 Å². The third kappa shape index (κ3) is 2.56. The molecule has 0 fully saturated rings. The van der Waals surface area contributed by atoms with Gasteiger partial charge < -0.3 is 14.6 Å². The maximum atomic E-state index is 13.9. The average molecular weight is 276 g/mol. The standard InChI is InChI=1S/C15H13FO4/c1-19-10-4-6-13(16)12(8-10)11-5-3-9(15(17)18)7-14(11)20-2/h3-8H,1-2H3,(H,17,18). The second-order valence-electron chi connectivity index (χ2n) is 4.07. The summed E-state index contributed by atoms with van der Waals surface area (Å²) in [4.78, 5) is 10.9. The smallest absolute Gasteiger partial charge is 0.335 e. The van der Waals surface area contributed by atoms with Crippen LogP contribution >= 0.6 is 0 Å². The van der Waals surface area contributed by atoms with Gasteiger partial charge in [0.15, 0.2) is 0 Å². The van der Waals surface area contributed by atoms with Crippen LogP contribution in [0.25, 0.3) is 11.1 Å². The maximum Gasteiger partial charge on any atom is 0.335 e. The maximum absolute atomic E-state index is 13.9. The van der Waals surface area contributed by atoms with E-state index in [1.54, 1.807) is 0 Å². The van der Waals surface area contributed by atoms with Gasteiger partial charge in [-0.3, -0.25) is 0 Å². The van der Waals surface area contributed by atoms with Crippen LogP contribution in [0.4, 0.5) is 4.39 Å². The molecule has 0 bridgehead atoms. The highest BCUT2D eigenvalue weighted by molar-refractivity contribution is 5.89. The minimum Gasteiger partial charge on any atom is -0.497 e. The molecule has 0 saturated carbocycles. The zero-order valence-corrected chi connectivity index (χ0v) is 11.0. The van der Waals surface area contributed by atoms with Crippen LogP contribution in [0.15, 0.2) is 36.4 Å². The summed E-state index contributed by atoms with van der Waals surface area (Å²) < 4.78 is 24.2. The molecule has 0 spiro atoms. The summed E-state index contributed by atoms with van der Waals surface area (Å²) >= 11 is 0. The number of methoxy groups -OCH3 is 2. The summed E-state index contributed by atoms with van der Waals surface area (Å²) in [6, 6.07) is 8.61. The number of carboxylic acid groups (broad SMARTS) is 1. The topological polar surface area (TPSA) is 55.8 Å². The first-order chi connectivity index (χ1) is 9.56. The molecule has 0 aliphatic heterocycles. The van der Waals surface area contributed by atoms with Crippen LogP contribution in [0.5, 0.6) is 11.5 Å². The molecule has 0 radical (unpaired) electrons. The molecule has 0 unspecified atom stereocenters. The number of hydrogen-bond donors (Lipinski definition) is 1. The van der Waals surface area contributed by atoms with Crippen molar-refractivity contribution in [2.24, 2.45) is 0 Å². The SMILES string of the molecule is COc1ccc(F)c(-c2ccc(C(=O)O)cc2OC)c1. The van der Waals surface area contributed by atoms with E-state index in [1.807, 2.05) is 0 Å². The van der Waals surface area contributed by atoms with Crippen molar-refractivity contribution >= 4 is 5.97 Å². The molecule has 0 aliphatic rings. The molecular weight excluding hydrogens is 263 g/mol. The lowest BCUT2D eigenvalue weighted by Gasteiger charge is -2.11. The van der Waals surface area contributed by atoms with Crippen molar-refractivity contribution in [3.05, 3.63) is 47.8 Å². The van der Waals surface area contributed by atoms with Gasteiger partial charge in [-0.25, -0.2) is 9.18 Å². The Morgan fingerprint density at radius 2 is 1.80 bits per heavy atom. The molecule has 1 N–H and O–H groups in total. The number of hydrogen-bond acceptors (Lipinski definition) is 3. The Labute approximate surface area is 115 Å². The molecule has 2 aromatic carbocycles. The molecule has 4 nitrogen and oxygen atoms in total. The van der Waals surface area contributed by atoms with Crippen LogP contribution in [0.1, 0.15) is 10.4 Å². The van der Waals surface area contributed by atoms with Crippen LogP contribution < -0.4 is 9.47 Å². The molecule has 2 aromatic rings. The Hall–Kier alpha value is -2.56. The van der Waals surface area contributed by atoms with E-state index in [1.165, 1.54) is 50.6 Å². The predicted octanol–water partition coefficient (Wildman–Crippen LogP) is 3.21. The second-order valence-corrected chi connectivity index (χ2v) is 4.07. The Morgan fingerprint density at radius 1 is 1.05 bits per heavy atom. The van der Waals surface area contributed by atoms with Gasteiger partial charge in [0.05, 0.1) is 19.8 Å². The third-order valence-corrected chi connectivity index (χ3v) is 2.91. The van der Waals surface area contributed by atoms with Crippen LogP contribution in [-0.2, 0) is 0 Å². The number of aromatic carboxylic acids is 1. The van der Waals surface area contributed by atoms with Crippen molar-refractivity contribution in [3.63, 3.8) is 0 Å². The van der Waals surface area contributed by atoms with Crippen LogP contribution in [-0.4, -0.2) is 25.3 Å². The van der Waals surface area contributed by atoms with Crippen molar-refractivity contribution in [3.8, 4) is 22.6 Å². The quantitative estimate of drug-likeness (QED) is 0.931. The highest BCUT2D eigenvalue weighted by Gasteiger charge is 2.14. The highest BCUT2D eigenvalue weighted by atomic mass is 19.1. The van der Waals surface area contributed by atoms with Crippen molar-refractivity contribution in [1.82, 2.24) is 0 Å². The minimum atomic E-state index is -1.07. The number of rotatable bonds is 4. The van der Waals surface area contributed by atoms with Gasteiger partial charge in [0.1, 0.15) is 17.3 Å². The van der Waals surface area contributed by atoms with Crippen molar-refractivity contribution in [2.75, 3.05) is 14.2 Å². The number of halogens is 1. The summed E-state index contributed by atoms with van der Waals surface area (Å²) in [6.07, 6.45) is 0. The van der Waals surface area contributed by atoms with E-state index in [2.05, 4.69) is 0 Å². The summed E-state index contributed by atoms with van der Waals surface area (Å²) in [6.45, 7) is 0. The Kier molecular flexibility index (Phi) is 3.89. The lowest BCUT2D eigenvalue weighted by molar-refractivity contribution is 0.0696. The van der Waals surface area contributed by atoms with E-state index < -0.39 is 11.8 Å². The first-order valence-corrected chi connectivity index (χ1v) is 5.82. The molecule has 20 heavy (non-hydrogen) atoms. The van der Waals surface area contributed by atoms with Crippen molar-refractivity contribution in [2.45, 2.75) is 0 Å². The Morgan fingerprint density at radius 3 is 2.40 bits per heavy atom. The lowest BCUT2D eigenvalue weighted by atomic mass is 10.0. The third-order valence-electron chi connectivity index (χ3n) is 2.91. The van der Waals surface area contributed by atoms with Gasteiger partial charge in [0.25, 0.3) is 0 Å². The molecule has 2 rings (SSSR count). The average Bonchev–Trinajstić information content (AvgIpc) is 2.47. The van der Waals surface area contributed by atoms with Crippen LogP contribution in [0, 0.1) is 5.82 Å². The van der Waals surface area contributed by atoms with Gasteiger partial charge in [-0.1, -0.05) is 0 Å². The summed E-state index contributed by atoms with van der Waals surface area (Å²) in [5.41, 5.74) is 0.834. The van der Waals surface area contributed by atoms with Gasteiger partial charge in [0, 0.05) is 11.1 Å². The summed E-state index contributed by atoms with van der Waals surface area (Å²) in [5.74, 6) is -0.712. The van der Waals surface area contributed by atoms with E-state index >= 15 is 0 Å². The Bertz CT molecular complexity index is 652. The zero-order chi connectivity index (χ0) is 14.7. The molecule has 0 aliphatic carbocycles. The molecule has 0 heterocycles. The summed E-state index contributed by atoms with van der Waals surface area (Å²) in [5, 5.41) is 8.95. The fourth-order valence-corrected chi connectivity index (χ4v) is 1.88. The Balaban J connectivity index is 2.60. The fourth-order valence-electron chi connectivity index (χ4n) is 1.88. The molecule has 0 amide bonds. The van der Waals surface area contributed by atoms with Gasteiger partial charge in [0.2, 0.25) is 0 Å². The van der Waals surface area contributed by atoms with E-state index in [4.69, 9.17) is 14.6 Å². The number of carbonyl (C=O) groups is 1. The molecule has 5 heteroatoms. The number of ether oxygens (including phenoxy) is 2. The number of benzene rings is 2. The van der Waals surface area contributed by atoms with Crippen LogP contribution in [0.2, 0.25) is 0 Å². The lowest BCUT2D eigenvalue weighted by Crippen LogP contribution is -1.98. The normalized spacial score (nSPS) is 10.2. The van der Waals surface area contributed by atoms with E-state index in [-0.39, 0.29) is 16.9 Å². The fraction of sp³-hybridized carbons (Fsp3) is 0.133. The zero-order valence-electron chi connectivity index (χ0n) is 11.0. The molecular formula is C15H13FO4.